The van der Waals surface area contributed by atoms with Crippen molar-refractivity contribution in [3.63, 3.8) is 0 Å². The van der Waals surface area contributed by atoms with E-state index in [0.29, 0.717) is 6.04 Å². The molecule has 17 heavy (non-hydrogen) atoms. The van der Waals surface area contributed by atoms with Crippen molar-refractivity contribution in [1.82, 2.24) is 5.32 Å². The highest BCUT2D eigenvalue weighted by molar-refractivity contribution is 9.10. The van der Waals surface area contributed by atoms with Crippen LogP contribution in [-0.2, 0) is 0 Å². The average Bonchev–Trinajstić information content (AvgIpc) is 2.34. The summed E-state index contributed by atoms with van der Waals surface area (Å²) >= 11 is 3.66. The summed E-state index contributed by atoms with van der Waals surface area (Å²) in [6.07, 6.45) is 1.17. The van der Waals surface area contributed by atoms with Crippen molar-refractivity contribution in [3.05, 3.63) is 28.2 Å². The molecular weight excluding hydrogens is 276 g/mol. The molecule has 0 saturated carbocycles. The van der Waals surface area contributed by atoms with E-state index in [9.17, 15) is 0 Å². The van der Waals surface area contributed by atoms with Crippen LogP contribution < -0.4 is 10.2 Å². The standard InChI is InChI=1S/C14H23BrN2/c1-5-9-16-11(3)12-7-8-14(13(15)10-12)17(4)6-2/h7-8,10-11,16H,5-6,9H2,1-4H3. The zero-order valence-electron chi connectivity index (χ0n) is 11.3. The molecule has 0 aliphatic carbocycles. The number of benzene rings is 1. The molecule has 96 valence electrons. The Morgan fingerprint density at radius 3 is 2.59 bits per heavy atom. The molecular formula is C14H23BrN2. The average molecular weight is 299 g/mol. The Labute approximate surface area is 114 Å². The maximum Gasteiger partial charge on any atom is 0.0508 e. The molecule has 0 fully saturated rings. The molecule has 1 aromatic rings. The number of hydrogen-bond acceptors (Lipinski definition) is 2. The number of hydrogen-bond donors (Lipinski definition) is 1. The first-order valence-corrected chi connectivity index (χ1v) is 7.13. The zero-order chi connectivity index (χ0) is 12.8. The lowest BCUT2D eigenvalue weighted by Gasteiger charge is -2.21. The van der Waals surface area contributed by atoms with Gasteiger partial charge in [-0.05, 0) is 60.4 Å². The van der Waals surface area contributed by atoms with Crippen LogP contribution in [0.2, 0.25) is 0 Å². The molecule has 0 radical (unpaired) electrons. The number of rotatable bonds is 6. The van der Waals surface area contributed by atoms with E-state index in [1.54, 1.807) is 0 Å². The summed E-state index contributed by atoms with van der Waals surface area (Å²) < 4.78 is 1.17. The SMILES string of the molecule is CCCNC(C)c1ccc(N(C)CC)c(Br)c1. The Bertz CT molecular complexity index is 352. The van der Waals surface area contributed by atoms with Crippen LogP contribution >= 0.6 is 15.9 Å². The van der Waals surface area contributed by atoms with Gasteiger partial charge in [0, 0.05) is 24.1 Å². The zero-order valence-corrected chi connectivity index (χ0v) is 12.8. The minimum atomic E-state index is 0.409. The van der Waals surface area contributed by atoms with Gasteiger partial charge >= 0.3 is 0 Å². The predicted octanol–water partition coefficient (Wildman–Crippen LogP) is 3.97. The monoisotopic (exact) mass is 298 g/mol. The van der Waals surface area contributed by atoms with Crippen molar-refractivity contribution >= 4 is 21.6 Å². The number of nitrogens with one attached hydrogen (secondary N) is 1. The molecule has 1 N–H and O–H groups in total. The van der Waals surface area contributed by atoms with Gasteiger partial charge in [-0.1, -0.05) is 13.0 Å². The first-order chi connectivity index (χ1) is 8.10. The Balaban J connectivity index is 2.81. The Morgan fingerprint density at radius 1 is 1.35 bits per heavy atom. The molecule has 0 aromatic heterocycles. The van der Waals surface area contributed by atoms with Gasteiger partial charge in [-0.25, -0.2) is 0 Å². The first kappa shape index (κ1) is 14.5. The summed E-state index contributed by atoms with van der Waals surface area (Å²) in [5.74, 6) is 0. The maximum atomic E-state index is 3.66. The Kier molecular flexibility index (Phi) is 6.00. The van der Waals surface area contributed by atoms with Gasteiger partial charge in [0.15, 0.2) is 0 Å². The van der Waals surface area contributed by atoms with E-state index in [-0.39, 0.29) is 0 Å². The molecule has 0 bridgehead atoms. The van der Waals surface area contributed by atoms with Crippen molar-refractivity contribution < 1.29 is 0 Å². The summed E-state index contributed by atoms with van der Waals surface area (Å²) in [5, 5.41) is 3.50. The molecule has 0 aliphatic heterocycles. The summed E-state index contributed by atoms with van der Waals surface area (Å²) in [7, 11) is 2.11. The molecule has 0 heterocycles. The molecule has 1 aromatic carbocycles. The van der Waals surface area contributed by atoms with E-state index >= 15 is 0 Å². The van der Waals surface area contributed by atoms with E-state index in [1.165, 1.54) is 22.1 Å². The summed E-state index contributed by atoms with van der Waals surface area (Å²) in [6, 6.07) is 7.02. The van der Waals surface area contributed by atoms with Crippen molar-refractivity contribution in [1.29, 1.82) is 0 Å². The summed E-state index contributed by atoms with van der Waals surface area (Å²) in [4.78, 5) is 2.23. The normalized spacial score (nSPS) is 12.5. The van der Waals surface area contributed by atoms with Gasteiger partial charge in [-0.3, -0.25) is 0 Å². The predicted molar refractivity (Wildman–Crippen MR) is 79.8 cm³/mol. The van der Waals surface area contributed by atoms with E-state index < -0.39 is 0 Å². The van der Waals surface area contributed by atoms with Crippen LogP contribution in [0.3, 0.4) is 0 Å². The highest BCUT2D eigenvalue weighted by Crippen LogP contribution is 2.28. The minimum absolute atomic E-state index is 0.409. The number of halogens is 1. The second kappa shape index (κ2) is 7.02. The van der Waals surface area contributed by atoms with Gasteiger partial charge in [-0.15, -0.1) is 0 Å². The van der Waals surface area contributed by atoms with Gasteiger partial charge < -0.3 is 10.2 Å². The molecule has 0 aliphatic rings. The smallest absolute Gasteiger partial charge is 0.0508 e. The second-order valence-corrected chi connectivity index (χ2v) is 5.26. The molecule has 0 spiro atoms. The van der Waals surface area contributed by atoms with Gasteiger partial charge in [0.25, 0.3) is 0 Å². The lowest BCUT2D eigenvalue weighted by atomic mass is 10.1. The van der Waals surface area contributed by atoms with Crippen molar-refractivity contribution in [3.8, 4) is 0 Å². The third-order valence-corrected chi connectivity index (χ3v) is 3.69. The molecule has 2 nitrogen and oxygen atoms in total. The third-order valence-electron chi connectivity index (χ3n) is 3.06. The molecule has 1 atom stereocenters. The van der Waals surface area contributed by atoms with Crippen molar-refractivity contribution in [2.45, 2.75) is 33.2 Å². The highest BCUT2D eigenvalue weighted by atomic mass is 79.9. The van der Waals surface area contributed by atoms with Gasteiger partial charge in [0.2, 0.25) is 0 Å². The Hall–Kier alpha value is -0.540. The Morgan fingerprint density at radius 2 is 2.06 bits per heavy atom. The molecule has 1 rings (SSSR count). The molecule has 1 unspecified atom stereocenters. The number of nitrogens with zero attached hydrogens (tertiary/aromatic N) is 1. The molecule has 0 saturated heterocycles. The van der Waals surface area contributed by atoms with Crippen LogP contribution in [0.4, 0.5) is 5.69 Å². The van der Waals surface area contributed by atoms with E-state index in [4.69, 9.17) is 0 Å². The summed E-state index contributed by atoms with van der Waals surface area (Å²) in [6.45, 7) is 8.64. The highest BCUT2D eigenvalue weighted by Gasteiger charge is 2.08. The lowest BCUT2D eigenvalue weighted by Crippen LogP contribution is -2.20. The van der Waals surface area contributed by atoms with Crippen molar-refractivity contribution in [2.24, 2.45) is 0 Å². The van der Waals surface area contributed by atoms with Crippen LogP contribution in [0.5, 0.6) is 0 Å². The van der Waals surface area contributed by atoms with Crippen molar-refractivity contribution in [2.75, 3.05) is 25.0 Å². The van der Waals surface area contributed by atoms with E-state index in [1.807, 2.05) is 0 Å². The molecule has 3 heteroatoms. The van der Waals surface area contributed by atoms with E-state index in [2.05, 4.69) is 72.2 Å². The van der Waals surface area contributed by atoms with Crippen LogP contribution in [0.15, 0.2) is 22.7 Å². The van der Waals surface area contributed by atoms with Crippen LogP contribution in [0.25, 0.3) is 0 Å². The topological polar surface area (TPSA) is 15.3 Å². The maximum absolute atomic E-state index is 3.66. The van der Waals surface area contributed by atoms with Gasteiger partial charge in [0.1, 0.15) is 0 Å². The fraction of sp³-hybridized carbons (Fsp3) is 0.571. The molecule has 0 amide bonds. The fourth-order valence-corrected chi connectivity index (χ4v) is 2.45. The lowest BCUT2D eigenvalue weighted by molar-refractivity contribution is 0.570. The number of anilines is 1. The van der Waals surface area contributed by atoms with Crippen LogP contribution in [0, 0.1) is 0 Å². The first-order valence-electron chi connectivity index (χ1n) is 6.34. The third kappa shape index (κ3) is 4.00. The van der Waals surface area contributed by atoms with Crippen LogP contribution in [0.1, 0.15) is 38.8 Å². The second-order valence-electron chi connectivity index (χ2n) is 4.40. The van der Waals surface area contributed by atoms with E-state index in [0.717, 1.165) is 13.1 Å². The largest absolute Gasteiger partial charge is 0.374 e. The van der Waals surface area contributed by atoms with Gasteiger partial charge in [0.05, 0.1) is 5.69 Å². The quantitative estimate of drug-likeness (QED) is 0.855. The minimum Gasteiger partial charge on any atom is -0.374 e. The summed E-state index contributed by atoms with van der Waals surface area (Å²) in [5.41, 5.74) is 2.58. The van der Waals surface area contributed by atoms with Gasteiger partial charge in [-0.2, -0.15) is 0 Å². The fourth-order valence-electron chi connectivity index (χ4n) is 1.75. The van der Waals surface area contributed by atoms with Crippen LogP contribution in [-0.4, -0.2) is 20.1 Å².